The van der Waals surface area contributed by atoms with Crippen LogP contribution in [-0.2, 0) is 19.1 Å². The second-order valence-electron chi connectivity index (χ2n) is 5.25. The van der Waals surface area contributed by atoms with Gasteiger partial charge in [-0.25, -0.2) is 0 Å². The average Bonchev–Trinajstić information content (AvgIpc) is 2.29. The van der Waals surface area contributed by atoms with Gasteiger partial charge in [0.2, 0.25) is 5.91 Å². The fourth-order valence-corrected chi connectivity index (χ4v) is 1.74. The molecule has 0 aliphatic rings. The molecule has 0 heterocycles. The molecule has 0 aromatic carbocycles. The van der Waals surface area contributed by atoms with E-state index in [0.29, 0.717) is 0 Å². The van der Waals surface area contributed by atoms with Crippen LogP contribution in [0.25, 0.3) is 0 Å². The Kier molecular flexibility index (Phi) is 7.00. The predicted octanol–water partition coefficient (Wildman–Crippen LogP) is 1.25. The van der Waals surface area contributed by atoms with Crippen molar-refractivity contribution in [1.29, 1.82) is 0 Å². The van der Waals surface area contributed by atoms with Gasteiger partial charge in [0.15, 0.2) is 6.29 Å². The highest BCUT2D eigenvalue weighted by atomic mass is 16.7. The zero-order valence-electron chi connectivity index (χ0n) is 12.5. The lowest BCUT2D eigenvalue weighted by Crippen LogP contribution is -2.46. The van der Waals surface area contributed by atoms with Gasteiger partial charge in [-0.2, -0.15) is 0 Å². The monoisotopic (exact) mass is 275 g/mol. The van der Waals surface area contributed by atoms with Crippen molar-refractivity contribution in [3.05, 3.63) is 0 Å². The number of rotatable bonds is 8. The molecule has 0 spiro atoms. The van der Waals surface area contributed by atoms with E-state index in [1.54, 1.807) is 27.7 Å². The Bertz CT molecular complexity index is 314. The van der Waals surface area contributed by atoms with Crippen LogP contribution in [0.1, 0.15) is 34.1 Å². The first-order valence-electron chi connectivity index (χ1n) is 6.27. The summed E-state index contributed by atoms with van der Waals surface area (Å²) in [5.74, 6) is -1.45. The zero-order chi connectivity index (χ0) is 15.2. The number of ether oxygens (including phenoxy) is 2. The van der Waals surface area contributed by atoms with Crippen molar-refractivity contribution in [2.24, 2.45) is 11.3 Å². The zero-order valence-corrected chi connectivity index (χ0v) is 12.5. The Morgan fingerprint density at radius 1 is 1.21 bits per heavy atom. The van der Waals surface area contributed by atoms with Gasteiger partial charge in [0.25, 0.3) is 0 Å². The lowest BCUT2D eigenvalue weighted by molar-refractivity contribution is -0.154. The molecule has 0 aliphatic heterocycles. The Balaban J connectivity index is 4.64. The number of aliphatic carboxylic acids is 1. The summed E-state index contributed by atoms with van der Waals surface area (Å²) >= 11 is 0. The molecular weight excluding hydrogens is 250 g/mol. The summed E-state index contributed by atoms with van der Waals surface area (Å²) in [4.78, 5) is 23.2. The van der Waals surface area contributed by atoms with Crippen molar-refractivity contribution in [3.8, 4) is 0 Å². The number of carboxylic acid groups (broad SMARTS) is 1. The summed E-state index contributed by atoms with van der Waals surface area (Å²) in [7, 11) is 2.96. The Labute approximate surface area is 114 Å². The predicted molar refractivity (Wildman–Crippen MR) is 70.6 cm³/mol. The standard InChI is InChI=1S/C13H25NO5/c1-8(2)13(4,12(16)17)7-10(15)14-9(3)11(18-5)19-6/h8-9,11H,7H2,1-6H3,(H,14,15)(H,16,17). The van der Waals surface area contributed by atoms with E-state index in [4.69, 9.17) is 9.47 Å². The van der Waals surface area contributed by atoms with Crippen LogP contribution in [0, 0.1) is 11.3 Å². The van der Waals surface area contributed by atoms with E-state index >= 15 is 0 Å². The smallest absolute Gasteiger partial charge is 0.310 e. The van der Waals surface area contributed by atoms with Crippen LogP contribution in [0.3, 0.4) is 0 Å². The maximum Gasteiger partial charge on any atom is 0.310 e. The third-order valence-corrected chi connectivity index (χ3v) is 3.55. The number of carbonyl (C=O) groups excluding carboxylic acids is 1. The molecule has 0 aromatic heterocycles. The van der Waals surface area contributed by atoms with Crippen LogP contribution in [0.2, 0.25) is 0 Å². The minimum atomic E-state index is -1.08. The topological polar surface area (TPSA) is 84.9 Å². The third-order valence-electron chi connectivity index (χ3n) is 3.55. The normalized spacial score (nSPS) is 16.2. The average molecular weight is 275 g/mol. The molecule has 2 N–H and O–H groups in total. The SMILES string of the molecule is COC(OC)C(C)NC(=O)CC(C)(C(=O)O)C(C)C. The van der Waals surface area contributed by atoms with Crippen molar-refractivity contribution >= 4 is 11.9 Å². The van der Waals surface area contributed by atoms with Crippen molar-refractivity contribution < 1.29 is 24.2 Å². The number of carbonyl (C=O) groups is 2. The second kappa shape index (κ2) is 7.45. The quantitative estimate of drug-likeness (QED) is 0.651. The first-order valence-corrected chi connectivity index (χ1v) is 6.27. The van der Waals surface area contributed by atoms with Crippen LogP contribution in [0.5, 0.6) is 0 Å². The van der Waals surface area contributed by atoms with E-state index in [1.165, 1.54) is 14.2 Å². The molecule has 0 radical (unpaired) electrons. The van der Waals surface area contributed by atoms with Gasteiger partial charge < -0.3 is 19.9 Å². The van der Waals surface area contributed by atoms with Gasteiger partial charge in [-0.1, -0.05) is 13.8 Å². The van der Waals surface area contributed by atoms with E-state index in [2.05, 4.69) is 5.32 Å². The summed E-state index contributed by atoms with van der Waals surface area (Å²) in [6.45, 7) is 6.90. The summed E-state index contributed by atoms with van der Waals surface area (Å²) < 4.78 is 10.1. The number of nitrogens with one attached hydrogen (secondary N) is 1. The number of hydrogen-bond acceptors (Lipinski definition) is 4. The second-order valence-corrected chi connectivity index (χ2v) is 5.25. The molecule has 6 nitrogen and oxygen atoms in total. The molecule has 2 unspecified atom stereocenters. The molecule has 6 heteroatoms. The molecule has 2 atom stereocenters. The molecule has 112 valence electrons. The molecule has 0 fully saturated rings. The van der Waals surface area contributed by atoms with Gasteiger partial charge in [-0.15, -0.1) is 0 Å². The Morgan fingerprint density at radius 3 is 2.00 bits per heavy atom. The van der Waals surface area contributed by atoms with Gasteiger partial charge in [-0.3, -0.25) is 9.59 Å². The van der Waals surface area contributed by atoms with Crippen LogP contribution >= 0.6 is 0 Å². The molecular formula is C13H25NO5. The summed E-state index contributed by atoms with van der Waals surface area (Å²) in [5, 5.41) is 12.0. The largest absolute Gasteiger partial charge is 0.481 e. The highest BCUT2D eigenvalue weighted by Gasteiger charge is 2.39. The van der Waals surface area contributed by atoms with Crippen LogP contribution in [-0.4, -0.2) is 43.5 Å². The number of methoxy groups -OCH3 is 2. The lowest BCUT2D eigenvalue weighted by atomic mass is 9.76. The maximum atomic E-state index is 11.9. The highest BCUT2D eigenvalue weighted by molar-refractivity contribution is 5.85. The maximum absolute atomic E-state index is 11.9. The molecule has 0 aliphatic carbocycles. The Morgan fingerprint density at radius 2 is 1.68 bits per heavy atom. The summed E-state index contributed by atoms with van der Waals surface area (Å²) in [6.07, 6.45) is -0.635. The molecule has 0 rings (SSSR count). The molecule has 0 bridgehead atoms. The number of hydrogen-bond donors (Lipinski definition) is 2. The summed E-state index contributed by atoms with van der Waals surface area (Å²) in [6, 6.07) is -0.354. The lowest BCUT2D eigenvalue weighted by Gasteiger charge is -2.29. The van der Waals surface area contributed by atoms with Gasteiger partial charge in [0, 0.05) is 20.6 Å². The molecule has 0 saturated heterocycles. The van der Waals surface area contributed by atoms with E-state index in [9.17, 15) is 14.7 Å². The Hall–Kier alpha value is -1.14. The van der Waals surface area contributed by atoms with Crippen LogP contribution in [0.4, 0.5) is 0 Å². The first kappa shape index (κ1) is 17.9. The number of amides is 1. The third kappa shape index (κ3) is 4.80. The molecule has 0 aromatic rings. The minimum Gasteiger partial charge on any atom is -0.481 e. The van der Waals surface area contributed by atoms with E-state index in [1.807, 2.05) is 0 Å². The van der Waals surface area contributed by atoms with Gasteiger partial charge in [0.05, 0.1) is 11.5 Å². The highest BCUT2D eigenvalue weighted by Crippen LogP contribution is 2.31. The number of carboxylic acids is 1. The van der Waals surface area contributed by atoms with E-state index in [0.717, 1.165) is 0 Å². The molecule has 1 amide bonds. The fraction of sp³-hybridized carbons (Fsp3) is 0.846. The fourth-order valence-electron chi connectivity index (χ4n) is 1.74. The van der Waals surface area contributed by atoms with E-state index in [-0.39, 0.29) is 24.3 Å². The first-order chi connectivity index (χ1) is 8.68. The summed E-state index contributed by atoms with van der Waals surface area (Å²) in [5.41, 5.74) is -1.08. The van der Waals surface area contributed by atoms with Gasteiger partial charge in [0.1, 0.15) is 0 Å². The molecule has 0 saturated carbocycles. The van der Waals surface area contributed by atoms with E-state index < -0.39 is 17.7 Å². The van der Waals surface area contributed by atoms with Crippen LogP contribution in [0.15, 0.2) is 0 Å². The van der Waals surface area contributed by atoms with Gasteiger partial charge in [-0.05, 0) is 19.8 Å². The van der Waals surface area contributed by atoms with Crippen molar-refractivity contribution in [1.82, 2.24) is 5.32 Å². The van der Waals surface area contributed by atoms with Crippen molar-refractivity contribution in [3.63, 3.8) is 0 Å². The minimum absolute atomic E-state index is 0.0789. The van der Waals surface area contributed by atoms with Gasteiger partial charge >= 0.3 is 5.97 Å². The van der Waals surface area contributed by atoms with Crippen molar-refractivity contribution in [2.45, 2.75) is 46.4 Å². The van der Waals surface area contributed by atoms with Crippen molar-refractivity contribution in [2.75, 3.05) is 14.2 Å². The molecule has 19 heavy (non-hydrogen) atoms. The van der Waals surface area contributed by atoms with Crippen LogP contribution < -0.4 is 5.32 Å².